The van der Waals surface area contributed by atoms with Gasteiger partial charge in [-0.3, -0.25) is 4.79 Å². The standard InChI is InChI=1S/C14H27NO2/c16-14(17)13-11-9-7-5-3-1-2-4-6-8-10-12-15-13/h13,15H,1-12H2,(H,16,17). The zero-order valence-electron chi connectivity index (χ0n) is 10.9. The molecule has 2 N–H and O–H groups in total. The van der Waals surface area contributed by atoms with Crippen LogP contribution in [0.5, 0.6) is 0 Å². The van der Waals surface area contributed by atoms with Crippen molar-refractivity contribution in [3.05, 3.63) is 0 Å². The maximum atomic E-state index is 11.0. The maximum Gasteiger partial charge on any atom is 0.320 e. The van der Waals surface area contributed by atoms with Crippen molar-refractivity contribution >= 4 is 5.97 Å². The van der Waals surface area contributed by atoms with Crippen LogP contribution in [0.1, 0.15) is 70.6 Å². The first-order valence-electron chi connectivity index (χ1n) is 7.27. The van der Waals surface area contributed by atoms with Gasteiger partial charge in [-0.2, -0.15) is 0 Å². The molecule has 0 aromatic carbocycles. The molecule has 17 heavy (non-hydrogen) atoms. The fraction of sp³-hybridized carbons (Fsp3) is 0.929. The van der Waals surface area contributed by atoms with Gasteiger partial charge < -0.3 is 10.4 Å². The van der Waals surface area contributed by atoms with Crippen LogP contribution in [0.25, 0.3) is 0 Å². The SMILES string of the molecule is O=C(O)C1CCCCCCCCCCCCN1. The summed E-state index contributed by atoms with van der Waals surface area (Å²) in [6.45, 7) is 0.858. The van der Waals surface area contributed by atoms with E-state index >= 15 is 0 Å². The van der Waals surface area contributed by atoms with Gasteiger partial charge in [0.05, 0.1) is 0 Å². The highest BCUT2D eigenvalue weighted by atomic mass is 16.4. The van der Waals surface area contributed by atoms with Crippen LogP contribution in [0.3, 0.4) is 0 Å². The molecule has 1 atom stereocenters. The zero-order chi connectivity index (χ0) is 12.3. The van der Waals surface area contributed by atoms with E-state index in [4.69, 9.17) is 5.11 Å². The predicted octanol–water partition coefficient (Wildman–Crippen LogP) is 3.33. The second-order valence-corrected chi connectivity index (χ2v) is 5.17. The molecule has 3 heteroatoms. The third-order valence-electron chi connectivity index (χ3n) is 3.61. The summed E-state index contributed by atoms with van der Waals surface area (Å²) in [5, 5.41) is 12.3. The number of carbonyl (C=O) groups is 1. The van der Waals surface area contributed by atoms with Crippen LogP contribution in [-0.2, 0) is 4.79 Å². The average molecular weight is 241 g/mol. The number of carboxylic acids is 1. The Morgan fingerprint density at radius 3 is 1.82 bits per heavy atom. The smallest absolute Gasteiger partial charge is 0.320 e. The van der Waals surface area contributed by atoms with Gasteiger partial charge in [0.1, 0.15) is 6.04 Å². The summed E-state index contributed by atoms with van der Waals surface area (Å²) in [6, 6.07) is -0.321. The van der Waals surface area contributed by atoms with Gasteiger partial charge in [-0.25, -0.2) is 0 Å². The first kappa shape index (κ1) is 14.5. The molecular weight excluding hydrogens is 214 g/mol. The van der Waals surface area contributed by atoms with Gasteiger partial charge in [-0.15, -0.1) is 0 Å². The van der Waals surface area contributed by atoms with E-state index in [9.17, 15) is 4.79 Å². The van der Waals surface area contributed by atoms with Crippen molar-refractivity contribution in [3.8, 4) is 0 Å². The third kappa shape index (κ3) is 7.37. The Morgan fingerprint density at radius 1 is 0.824 bits per heavy atom. The third-order valence-corrected chi connectivity index (χ3v) is 3.61. The topological polar surface area (TPSA) is 49.3 Å². The lowest BCUT2D eigenvalue weighted by molar-refractivity contribution is -0.139. The summed E-state index contributed by atoms with van der Waals surface area (Å²) in [7, 11) is 0. The molecule has 0 saturated carbocycles. The van der Waals surface area contributed by atoms with Crippen molar-refractivity contribution in [2.45, 2.75) is 76.7 Å². The molecular formula is C14H27NO2. The monoisotopic (exact) mass is 241 g/mol. The highest BCUT2D eigenvalue weighted by Gasteiger charge is 2.15. The molecule has 1 heterocycles. The van der Waals surface area contributed by atoms with Crippen LogP contribution in [0.15, 0.2) is 0 Å². The number of rotatable bonds is 1. The summed E-state index contributed by atoms with van der Waals surface area (Å²) in [6.07, 6.45) is 13.4. The van der Waals surface area contributed by atoms with Gasteiger partial charge in [0, 0.05) is 0 Å². The van der Waals surface area contributed by atoms with Crippen LogP contribution in [0, 0.1) is 0 Å². The molecule has 0 aromatic heterocycles. The first-order valence-corrected chi connectivity index (χ1v) is 7.27. The minimum Gasteiger partial charge on any atom is -0.480 e. The molecule has 3 nitrogen and oxygen atoms in total. The van der Waals surface area contributed by atoms with Crippen LogP contribution >= 0.6 is 0 Å². The van der Waals surface area contributed by atoms with Crippen LogP contribution in [-0.4, -0.2) is 23.7 Å². The molecule has 0 aliphatic carbocycles. The second-order valence-electron chi connectivity index (χ2n) is 5.17. The molecule has 0 aromatic rings. The summed E-state index contributed by atoms with van der Waals surface area (Å²) in [4.78, 5) is 11.0. The van der Waals surface area contributed by atoms with Gasteiger partial charge in [0.2, 0.25) is 0 Å². The summed E-state index contributed by atoms with van der Waals surface area (Å²) in [5.74, 6) is -0.683. The molecule has 1 rings (SSSR count). The molecule has 100 valence electrons. The molecule has 1 aliphatic heterocycles. The van der Waals surface area contributed by atoms with E-state index in [1.54, 1.807) is 0 Å². The van der Waals surface area contributed by atoms with E-state index in [0.717, 1.165) is 25.8 Å². The summed E-state index contributed by atoms with van der Waals surface area (Å²) in [5.41, 5.74) is 0. The van der Waals surface area contributed by atoms with Crippen molar-refractivity contribution in [2.24, 2.45) is 0 Å². The van der Waals surface area contributed by atoms with Crippen molar-refractivity contribution in [2.75, 3.05) is 6.54 Å². The fourth-order valence-electron chi connectivity index (χ4n) is 2.48. The van der Waals surface area contributed by atoms with Crippen molar-refractivity contribution in [1.82, 2.24) is 5.32 Å². The maximum absolute atomic E-state index is 11.0. The molecule has 0 spiro atoms. The Kier molecular flexibility index (Phi) is 8.06. The Labute approximate surface area is 105 Å². The van der Waals surface area contributed by atoms with E-state index in [-0.39, 0.29) is 6.04 Å². The lowest BCUT2D eigenvalue weighted by Crippen LogP contribution is -2.37. The Morgan fingerprint density at radius 2 is 1.29 bits per heavy atom. The largest absolute Gasteiger partial charge is 0.480 e. The molecule has 1 aliphatic rings. The Balaban J connectivity index is 2.26. The molecule has 1 unspecified atom stereocenters. The zero-order valence-corrected chi connectivity index (χ0v) is 10.9. The summed E-state index contributed by atoms with van der Waals surface area (Å²) >= 11 is 0. The van der Waals surface area contributed by atoms with E-state index < -0.39 is 5.97 Å². The number of carboxylic acid groups (broad SMARTS) is 1. The van der Waals surface area contributed by atoms with E-state index in [2.05, 4.69) is 5.32 Å². The van der Waals surface area contributed by atoms with Crippen LogP contribution in [0.2, 0.25) is 0 Å². The average Bonchev–Trinajstić information content (AvgIpc) is 2.31. The highest BCUT2D eigenvalue weighted by molar-refractivity contribution is 5.73. The molecule has 0 amide bonds. The number of hydrogen-bond acceptors (Lipinski definition) is 2. The number of hydrogen-bond donors (Lipinski definition) is 2. The Bertz CT molecular complexity index is 192. The summed E-state index contributed by atoms with van der Waals surface area (Å²) < 4.78 is 0. The molecule has 1 fully saturated rings. The van der Waals surface area contributed by atoms with Crippen molar-refractivity contribution < 1.29 is 9.90 Å². The minimum absolute atomic E-state index is 0.321. The number of nitrogens with one attached hydrogen (secondary N) is 1. The van der Waals surface area contributed by atoms with Gasteiger partial charge in [-0.05, 0) is 19.4 Å². The Hall–Kier alpha value is -0.570. The molecule has 0 bridgehead atoms. The van der Waals surface area contributed by atoms with Gasteiger partial charge in [0.25, 0.3) is 0 Å². The van der Waals surface area contributed by atoms with Crippen molar-refractivity contribution in [3.63, 3.8) is 0 Å². The quantitative estimate of drug-likeness (QED) is 0.740. The fourth-order valence-corrected chi connectivity index (χ4v) is 2.48. The van der Waals surface area contributed by atoms with Gasteiger partial charge >= 0.3 is 5.97 Å². The lowest BCUT2D eigenvalue weighted by Gasteiger charge is -2.14. The highest BCUT2D eigenvalue weighted by Crippen LogP contribution is 2.13. The second kappa shape index (κ2) is 9.46. The molecule has 0 radical (unpaired) electrons. The lowest BCUT2D eigenvalue weighted by atomic mass is 10.0. The van der Waals surface area contributed by atoms with E-state index in [1.165, 1.54) is 51.4 Å². The predicted molar refractivity (Wildman–Crippen MR) is 70.2 cm³/mol. The number of aliphatic carboxylic acids is 1. The minimum atomic E-state index is -0.683. The van der Waals surface area contributed by atoms with Crippen LogP contribution in [0.4, 0.5) is 0 Å². The molecule has 1 saturated heterocycles. The first-order chi connectivity index (χ1) is 8.30. The van der Waals surface area contributed by atoms with E-state index in [0.29, 0.717) is 0 Å². The normalized spacial score (nSPS) is 26.0. The van der Waals surface area contributed by atoms with Crippen molar-refractivity contribution in [1.29, 1.82) is 0 Å². The van der Waals surface area contributed by atoms with Crippen LogP contribution < -0.4 is 5.32 Å². The van der Waals surface area contributed by atoms with Gasteiger partial charge in [-0.1, -0.05) is 57.8 Å². The van der Waals surface area contributed by atoms with Gasteiger partial charge in [0.15, 0.2) is 0 Å². The van der Waals surface area contributed by atoms with E-state index in [1.807, 2.05) is 0 Å².